The summed E-state index contributed by atoms with van der Waals surface area (Å²) in [5, 5.41) is 1.50. The van der Waals surface area contributed by atoms with Crippen LogP contribution < -0.4 is 5.73 Å². The number of hydroxylamine groups is 2. The van der Waals surface area contributed by atoms with E-state index in [-0.39, 0.29) is 5.91 Å². The van der Waals surface area contributed by atoms with Crippen molar-refractivity contribution < 1.29 is 9.63 Å². The van der Waals surface area contributed by atoms with Crippen LogP contribution in [0.1, 0.15) is 38.5 Å². The maximum absolute atomic E-state index is 11.5. The van der Waals surface area contributed by atoms with Crippen molar-refractivity contribution in [1.29, 1.82) is 0 Å². The standard InChI is InChI=1S/C10H20N2O2/c11-7-4-2-1-3-6-10(13)12-8-5-9-14-12/h1-9,11H2. The van der Waals surface area contributed by atoms with E-state index in [4.69, 9.17) is 10.6 Å². The van der Waals surface area contributed by atoms with Gasteiger partial charge in [0.15, 0.2) is 0 Å². The molecule has 1 rings (SSSR count). The molecule has 0 saturated carbocycles. The minimum absolute atomic E-state index is 0.134. The normalized spacial score (nSPS) is 16.2. The minimum Gasteiger partial charge on any atom is -0.330 e. The van der Waals surface area contributed by atoms with Crippen molar-refractivity contribution in [2.24, 2.45) is 5.73 Å². The Morgan fingerprint density at radius 3 is 2.71 bits per heavy atom. The van der Waals surface area contributed by atoms with Crippen molar-refractivity contribution in [2.75, 3.05) is 19.7 Å². The van der Waals surface area contributed by atoms with Crippen LogP contribution >= 0.6 is 0 Å². The van der Waals surface area contributed by atoms with Gasteiger partial charge >= 0.3 is 0 Å². The number of rotatable bonds is 6. The van der Waals surface area contributed by atoms with E-state index in [1.54, 1.807) is 0 Å². The van der Waals surface area contributed by atoms with Crippen molar-refractivity contribution in [1.82, 2.24) is 5.06 Å². The number of nitrogens with zero attached hydrogens (tertiary/aromatic N) is 1. The van der Waals surface area contributed by atoms with Crippen LogP contribution in [-0.4, -0.2) is 30.7 Å². The molecule has 1 saturated heterocycles. The summed E-state index contributed by atoms with van der Waals surface area (Å²) in [7, 11) is 0. The zero-order chi connectivity index (χ0) is 10.2. The Balaban J connectivity index is 1.97. The van der Waals surface area contributed by atoms with Gasteiger partial charge in [-0.1, -0.05) is 12.8 Å². The number of hydrogen-bond acceptors (Lipinski definition) is 3. The van der Waals surface area contributed by atoms with Crippen LogP contribution in [0.25, 0.3) is 0 Å². The number of nitrogens with two attached hydrogens (primary N) is 1. The summed E-state index contributed by atoms with van der Waals surface area (Å²) < 4.78 is 0. The highest BCUT2D eigenvalue weighted by Crippen LogP contribution is 2.09. The van der Waals surface area contributed by atoms with E-state index >= 15 is 0 Å². The molecule has 0 aromatic rings. The quantitative estimate of drug-likeness (QED) is 0.652. The molecule has 0 aliphatic carbocycles. The Hall–Kier alpha value is -0.610. The molecule has 4 nitrogen and oxygen atoms in total. The first-order valence-corrected chi connectivity index (χ1v) is 5.48. The van der Waals surface area contributed by atoms with Crippen LogP contribution in [0.15, 0.2) is 0 Å². The summed E-state index contributed by atoms with van der Waals surface area (Å²) in [4.78, 5) is 16.6. The largest absolute Gasteiger partial charge is 0.330 e. The molecule has 0 aromatic carbocycles. The predicted octanol–water partition coefficient (Wildman–Crippen LogP) is 1.06. The SMILES string of the molecule is NCCCCCCC(=O)N1CCCO1. The molecule has 0 radical (unpaired) electrons. The average molecular weight is 200 g/mol. The Morgan fingerprint density at radius 2 is 2.07 bits per heavy atom. The fraction of sp³-hybridized carbons (Fsp3) is 0.900. The molecule has 0 aromatic heterocycles. The maximum atomic E-state index is 11.5. The number of hydrogen-bond donors (Lipinski definition) is 1. The summed E-state index contributed by atoms with van der Waals surface area (Å²) in [6.45, 7) is 2.21. The van der Waals surface area contributed by atoms with Crippen LogP contribution in [0.3, 0.4) is 0 Å². The molecule has 1 heterocycles. The van der Waals surface area contributed by atoms with Gasteiger partial charge in [0, 0.05) is 6.42 Å². The highest BCUT2D eigenvalue weighted by atomic mass is 16.7. The lowest BCUT2D eigenvalue weighted by molar-refractivity contribution is -0.168. The first kappa shape index (κ1) is 11.5. The van der Waals surface area contributed by atoms with Gasteiger partial charge in [-0.15, -0.1) is 0 Å². The first-order chi connectivity index (χ1) is 6.84. The lowest BCUT2D eigenvalue weighted by atomic mass is 10.1. The highest BCUT2D eigenvalue weighted by molar-refractivity contribution is 5.75. The van der Waals surface area contributed by atoms with Crippen molar-refractivity contribution in [3.8, 4) is 0 Å². The highest BCUT2D eigenvalue weighted by Gasteiger charge is 2.18. The summed E-state index contributed by atoms with van der Waals surface area (Å²) in [6, 6.07) is 0. The monoisotopic (exact) mass is 200 g/mol. The summed E-state index contributed by atoms with van der Waals surface area (Å²) >= 11 is 0. The van der Waals surface area contributed by atoms with Crippen molar-refractivity contribution in [2.45, 2.75) is 38.5 Å². The molecular formula is C10H20N2O2. The van der Waals surface area contributed by atoms with Gasteiger partial charge in [0.2, 0.25) is 5.91 Å². The number of carbonyl (C=O) groups is 1. The zero-order valence-corrected chi connectivity index (χ0v) is 8.71. The zero-order valence-electron chi connectivity index (χ0n) is 8.71. The molecule has 0 atom stereocenters. The van der Waals surface area contributed by atoms with Gasteiger partial charge in [-0.25, -0.2) is 5.06 Å². The van der Waals surface area contributed by atoms with E-state index in [0.29, 0.717) is 13.0 Å². The van der Waals surface area contributed by atoms with E-state index in [1.807, 2.05) is 0 Å². The van der Waals surface area contributed by atoms with Crippen LogP contribution in [0.5, 0.6) is 0 Å². The molecule has 0 spiro atoms. The first-order valence-electron chi connectivity index (χ1n) is 5.48. The molecule has 14 heavy (non-hydrogen) atoms. The Labute approximate surface area is 85.3 Å². The lowest BCUT2D eigenvalue weighted by Crippen LogP contribution is -2.26. The van der Waals surface area contributed by atoms with Crippen LogP contribution in [0.2, 0.25) is 0 Å². The summed E-state index contributed by atoms with van der Waals surface area (Å²) in [6.07, 6.45) is 5.83. The van der Waals surface area contributed by atoms with Crippen molar-refractivity contribution >= 4 is 5.91 Å². The molecule has 0 bridgehead atoms. The van der Waals surface area contributed by atoms with Crippen molar-refractivity contribution in [3.05, 3.63) is 0 Å². The Morgan fingerprint density at radius 1 is 1.29 bits per heavy atom. The Kier molecular flexibility index (Phi) is 5.56. The second kappa shape index (κ2) is 6.79. The van der Waals surface area contributed by atoms with Gasteiger partial charge in [-0.05, 0) is 25.8 Å². The minimum atomic E-state index is 0.134. The smallest absolute Gasteiger partial charge is 0.246 e. The maximum Gasteiger partial charge on any atom is 0.246 e. The third kappa shape index (κ3) is 4.07. The molecule has 4 heteroatoms. The topological polar surface area (TPSA) is 55.6 Å². The molecule has 1 aliphatic heterocycles. The van der Waals surface area contributed by atoms with Gasteiger partial charge in [0.05, 0.1) is 13.2 Å². The molecule has 2 N–H and O–H groups in total. The molecule has 1 amide bonds. The van der Waals surface area contributed by atoms with Crippen molar-refractivity contribution in [3.63, 3.8) is 0 Å². The van der Waals surface area contributed by atoms with Crippen LogP contribution in [-0.2, 0) is 9.63 Å². The second-order valence-corrected chi connectivity index (χ2v) is 3.64. The van der Waals surface area contributed by atoms with E-state index < -0.39 is 0 Å². The fourth-order valence-electron chi connectivity index (χ4n) is 1.54. The number of amides is 1. The van der Waals surface area contributed by atoms with Gasteiger partial charge in [-0.2, -0.15) is 0 Å². The van der Waals surface area contributed by atoms with Crippen LogP contribution in [0, 0.1) is 0 Å². The molecule has 1 aliphatic rings. The molecular weight excluding hydrogens is 180 g/mol. The fourth-order valence-corrected chi connectivity index (χ4v) is 1.54. The molecule has 0 unspecified atom stereocenters. The molecule has 1 fully saturated rings. The van der Waals surface area contributed by atoms with Gasteiger partial charge in [0.1, 0.15) is 0 Å². The summed E-state index contributed by atoms with van der Waals surface area (Å²) in [5.74, 6) is 0.134. The van der Waals surface area contributed by atoms with Gasteiger partial charge in [0.25, 0.3) is 0 Å². The number of carbonyl (C=O) groups excluding carboxylic acids is 1. The Bertz CT molecular complexity index is 168. The van der Waals surface area contributed by atoms with Gasteiger partial charge < -0.3 is 5.73 Å². The van der Waals surface area contributed by atoms with Gasteiger partial charge in [-0.3, -0.25) is 9.63 Å². The second-order valence-electron chi connectivity index (χ2n) is 3.64. The van der Waals surface area contributed by atoms with E-state index in [9.17, 15) is 4.79 Å². The van der Waals surface area contributed by atoms with E-state index in [1.165, 1.54) is 5.06 Å². The number of unbranched alkanes of at least 4 members (excludes halogenated alkanes) is 3. The van der Waals surface area contributed by atoms with E-state index in [2.05, 4.69) is 0 Å². The third-order valence-corrected chi connectivity index (χ3v) is 2.38. The summed E-state index contributed by atoms with van der Waals surface area (Å²) in [5.41, 5.74) is 5.37. The predicted molar refractivity (Wildman–Crippen MR) is 54.4 cm³/mol. The third-order valence-electron chi connectivity index (χ3n) is 2.38. The lowest BCUT2D eigenvalue weighted by Gasteiger charge is -2.13. The molecule has 82 valence electrons. The van der Waals surface area contributed by atoms with Crippen LogP contribution in [0.4, 0.5) is 0 Å². The average Bonchev–Trinajstić information content (AvgIpc) is 2.70. The van der Waals surface area contributed by atoms with E-state index in [0.717, 1.165) is 45.2 Å².